The fourth-order valence-electron chi connectivity index (χ4n) is 21.7. The number of carboxylic acid groups (broad SMARTS) is 1. The summed E-state index contributed by atoms with van der Waals surface area (Å²) >= 11 is 0. The Balaban J connectivity index is 1.12. The number of nitrogens with zero attached hydrogens (tertiary/aromatic N) is 2. The molecule has 10 aliphatic rings. The molecule has 13 N–H and O–H groups in total. The molecule has 8 aliphatic carbocycles. The van der Waals surface area contributed by atoms with Crippen molar-refractivity contribution in [1.82, 2.24) is 25.3 Å². The molecule has 6 saturated carbocycles. The van der Waals surface area contributed by atoms with Crippen LogP contribution >= 0.6 is 0 Å². The van der Waals surface area contributed by atoms with Crippen LogP contribution < -0.4 is 11.1 Å². The predicted molar refractivity (Wildman–Crippen MR) is 293 cm³/mol. The number of nitrogens with one attached hydrogen (secondary N) is 3. The van der Waals surface area contributed by atoms with Gasteiger partial charge in [-0.25, -0.2) is 9.97 Å². The second-order valence-corrected chi connectivity index (χ2v) is 28.7. The molecule has 2 saturated heterocycles. The third kappa shape index (κ3) is 7.90. The summed E-state index contributed by atoms with van der Waals surface area (Å²) in [5.41, 5.74) is 2.80. The first-order chi connectivity index (χ1) is 38.2. The number of ether oxygens (including phenoxy) is 2. The topological polar surface area (TPSA) is 310 Å². The number of carbonyl (C=O) groups is 2. The van der Waals surface area contributed by atoms with E-state index in [4.69, 9.17) is 15.2 Å². The van der Waals surface area contributed by atoms with E-state index >= 15 is 4.79 Å². The summed E-state index contributed by atoms with van der Waals surface area (Å²) in [6.45, 7) is 8.33. The number of rotatable bonds is 13. The van der Waals surface area contributed by atoms with E-state index in [1.54, 1.807) is 18.9 Å². The van der Waals surface area contributed by atoms with Crippen molar-refractivity contribution in [1.29, 1.82) is 0 Å². The number of nitrogens with two attached hydrogens (primary N) is 1. The number of aliphatic hydroxyl groups excluding tert-OH is 7. The van der Waals surface area contributed by atoms with Gasteiger partial charge in [0, 0.05) is 53.7 Å². The van der Waals surface area contributed by atoms with Gasteiger partial charge in [0.05, 0.1) is 54.3 Å². The van der Waals surface area contributed by atoms with Crippen molar-refractivity contribution in [3.63, 3.8) is 0 Å². The molecule has 2 aliphatic heterocycles. The molecule has 2 aromatic heterocycles. The maximum absolute atomic E-state index is 15.5. The Kier molecular flexibility index (Phi) is 14.5. The van der Waals surface area contributed by atoms with E-state index in [0.717, 1.165) is 56.3 Å². The van der Waals surface area contributed by atoms with Crippen molar-refractivity contribution >= 4 is 11.9 Å². The minimum atomic E-state index is -1.66. The fraction of sp³-hybridized carbons (Fsp3) is 0.806. The molecular weight excluding hydrogens is 1020 g/mol. The van der Waals surface area contributed by atoms with Crippen LogP contribution in [0, 0.1) is 85.2 Å². The van der Waals surface area contributed by atoms with Gasteiger partial charge in [-0.3, -0.25) is 9.59 Å². The first kappa shape index (κ1) is 56.9. The molecule has 0 radical (unpaired) electrons. The number of aliphatic carboxylic acids is 1. The molecule has 18 nitrogen and oxygen atoms in total. The molecule has 12 rings (SSSR count). The van der Waals surface area contributed by atoms with Gasteiger partial charge in [0.2, 0.25) is 5.91 Å². The molecule has 18 heteroatoms. The number of hydrogen-bond donors (Lipinski definition) is 12. The normalized spacial score (nSPS) is 48.2. The number of aromatic amines is 2. The number of aliphatic hydroxyl groups is 7. The van der Waals surface area contributed by atoms with Gasteiger partial charge < -0.3 is 71.3 Å². The highest BCUT2D eigenvalue weighted by molar-refractivity contribution is 5.87. The third-order valence-corrected chi connectivity index (χ3v) is 25.6. The van der Waals surface area contributed by atoms with Gasteiger partial charge in [-0.15, -0.1) is 0 Å². The van der Waals surface area contributed by atoms with E-state index in [1.165, 1.54) is 5.57 Å². The first-order valence-corrected chi connectivity index (χ1v) is 30.7. The van der Waals surface area contributed by atoms with Crippen molar-refractivity contribution in [3.05, 3.63) is 60.2 Å². The van der Waals surface area contributed by atoms with Crippen LogP contribution in [0.5, 0.6) is 0 Å². The number of hydrogen-bond acceptors (Lipinski definition) is 14. The van der Waals surface area contributed by atoms with Gasteiger partial charge in [0.1, 0.15) is 24.5 Å². The Morgan fingerprint density at radius 3 is 2.26 bits per heavy atom. The lowest BCUT2D eigenvalue weighted by atomic mass is 9.27. The molecule has 442 valence electrons. The summed E-state index contributed by atoms with van der Waals surface area (Å²) in [6, 6.07) is -0.513. The lowest BCUT2D eigenvalue weighted by Gasteiger charge is -2.77. The number of imidazole rings is 2. The average Bonchev–Trinajstić information content (AvgIpc) is 3.56. The summed E-state index contributed by atoms with van der Waals surface area (Å²) < 4.78 is 13.1. The number of amides is 1. The van der Waals surface area contributed by atoms with Crippen LogP contribution in [-0.2, 0) is 30.9 Å². The molecular formula is C62H92N6O12. The van der Waals surface area contributed by atoms with Crippen molar-refractivity contribution in [2.75, 3.05) is 19.8 Å². The van der Waals surface area contributed by atoms with Gasteiger partial charge in [0.25, 0.3) is 0 Å². The van der Waals surface area contributed by atoms with Crippen LogP contribution in [0.2, 0.25) is 0 Å². The van der Waals surface area contributed by atoms with Crippen molar-refractivity contribution in [3.8, 4) is 0 Å². The number of carbonyl (C=O) groups excluding carboxylic acids is 1. The summed E-state index contributed by atoms with van der Waals surface area (Å²) in [5, 5.41) is 97.7. The Morgan fingerprint density at radius 1 is 0.863 bits per heavy atom. The van der Waals surface area contributed by atoms with Crippen LogP contribution in [0.3, 0.4) is 0 Å². The van der Waals surface area contributed by atoms with Crippen LogP contribution in [0.25, 0.3) is 0 Å². The minimum Gasteiger partial charge on any atom is -0.481 e. The van der Waals surface area contributed by atoms with E-state index in [9.17, 15) is 45.6 Å². The summed E-state index contributed by atoms with van der Waals surface area (Å²) in [6.07, 6.45) is 17.3. The molecule has 1 amide bonds. The zero-order valence-electron chi connectivity index (χ0n) is 47.5. The summed E-state index contributed by atoms with van der Waals surface area (Å²) in [5.74, 6) is -3.19. The van der Waals surface area contributed by atoms with Crippen LogP contribution in [0.1, 0.15) is 155 Å². The Bertz CT molecular complexity index is 2660. The fourth-order valence-corrected chi connectivity index (χ4v) is 21.7. The van der Waals surface area contributed by atoms with Crippen LogP contribution in [0.15, 0.2) is 48.8 Å². The second-order valence-electron chi connectivity index (χ2n) is 28.7. The van der Waals surface area contributed by atoms with E-state index in [1.807, 2.05) is 13.1 Å². The SMILES string of the molecule is C[C@]1(CO)CC[C@]2(C(=O)O)C[C@@H](Cc3cnc[nH]3)[C@]3(C)C(=CC[C@@H]4[C@@]5(C6CCCCC6)[C@@H]([C@@H]6C=C[C@](CC[C@@H](N)O)(c7cnc[nH]7)[C@H]7NC(=O)C8(CCCC8)[C@@H]67)[C@@H](O)[C@@H](O[C@@H]6OC[C@@H](O)[C@H](O)[C@H]6O)[C@@](C)(CO)[C@H]5CC[C@]43C)[C@@H]2C1. The van der Waals surface area contributed by atoms with Gasteiger partial charge in [0.15, 0.2) is 6.29 Å². The molecule has 80 heavy (non-hydrogen) atoms. The second kappa shape index (κ2) is 20.3. The maximum atomic E-state index is 15.5. The van der Waals surface area contributed by atoms with Gasteiger partial charge in [-0.2, -0.15) is 0 Å². The van der Waals surface area contributed by atoms with Crippen molar-refractivity contribution in [2.24, 2.45) is 91.0 Å². The lowest BCUT2D eigenvalue weighted by Crippen LogP contribution is -2.76. The van der Waals surface area contributed by atoms with Crippen molar-refractivity contribution < 1.29 is 59.9 Å². The maximum Gasteiger partial charge on any atom is 0.310 e. The van der Waals surface area contributed by atoms with Crippen molar-refractivity contribution in [2.45, 2.75) is 204 Å². The zero-order valence-corrected chi connectivity index (χ0v) is 47.5. The molecule has 0 aromatic carbocycles. The number of allylic oxidation sites excluding steroid dienone is 3. The highest BCUT2D eigenvalue weighted by Crippen LogP contribution is 2.81. The Morgan fingerprint density at radius 2 is 1.60 bits per heavy atom. The molecule has 0 bridgehead atoms. The van der Waals surface area contributed by atoms with E-state index < -0.39 is 110 Å². The van der Waals surface area contributed by atoms with E-state index in [-0.39, 0.29) is 67.7 Å². The smallest absolute Gasteiger partial charge is 0.310 e. The van der Waals surface area contributed by atoms with Gasteiger partial charge in [-0.1, -0.05) is 83.6 Å². The predicted octanol–water partition coefficient (Wildman–Crippen LogP) is 5.17. The van der Waals surface area contributed by atoms with Crippen LogP contribution in [-0.4, -0.2) is 142 Å². The monoisotopic (exact) mass is 1110 g/mol. The molecule has 22 atom stereocenters. The standard InChI is InChI=1S/C62H92N6O12/c1-55(30-69)22-23-61(54(77)78)25-35(24-36-27-64-32-66-36)58(4)38(39(61)26-55)12-13-42-57(58,3)19-15-41-56(2,31-70)51(80-52-49(75)47(73)40(71)29-79-52)48(74)45(62(41,42)34-10-6-5-7-11-34)37-14-20-59(21-16-44(63)72,43-28-65-33-67-43)50-46(37)60(53(76)68-50)17-8-9-18-60/h12,14,20,27-28,32-35,37,39-42,44-52,69-75H,5-11,13,15-19,21-26,29-31,63H2,1-4H3,(H,64,66)(H,65,67)(H,68,76)(H,77,78)/t35-,37+,39+,40-,41-,42+,44+,45+,46+,47+,48-,49-,50+,51-,52+,55+,56+,57-,58-,59+,61+,62+/m1/s1. The Labute approximate surface area is 470 Å². The molecule has 8 fully saturated rings. The third-order valence-electron chi connectivity index (χ3n) is 25.6. The quantitative estimate of drug-likeness (QED) is 0.0700. The number of carboxylic acids is 1. The average molecular weight is 1110 g/mol. The zero-order chi connectivity index (χ0) is 56.6. The summed E-state index contributed by atoms with van der Waals surface area (Å²) in [7, 11) is 0. The highest BCUT2D eigenvalue weighted by Gasteiger charge is 2.79. The summed E-state index contributed by atoms with van der Waals surface area (Å²) in [4.78, 5) is 45.6. The number of aromatic nitrogens is 4. The first-order valence-electron chi connectivity index (χ1n) is 30.7. The van der Waals surface area contributed by atoms with E-state index in [0.29, 0.717) is 70.6 Å². The number of fused-ring (bicyclic) bond motifs is 9. The number of H-pyrrole nitrogens is 2. The largest absolute Gasteiger partial charge is 0.481 e. The molecule has 1 spiro atoms. The lowest BCUT2D eigenvalue weighted by molar-refractivity contribution is -0.354. The van der Waals surface area contributed by atoms with E-state index in [2.05, 4.69) is 64.3 Å². The highest BCUT2D eigenvalue weighted by atomic mass is 16.7. The Hall–Kier alpha value is -3.56. The molecule has 2 aromatic rings. The molecule has 4 heterocycles. The minimum absolute atomic E-state index is 0.0110. The van der Waals surface area contributed by atoms with Gasteiger partial charge in [-0.05, 0) is 147 Å². The van der Waals surface area contributed by atoms with Gasteiger partial charge >= 0.3 is 5.97 Å². The van der Waals surface area contributed by atoms with Crippen LogP contribution in [0.4, 0.5) is 0 Å². The molecule has 0 unspecified atom stereocenters.